The molecule has 0 unspecified atom stereocenters. The van der Waals surface area contributed by atoms with Crippen molar-refractivity contribution in [1.29, 1.82) is 0 Å². The number of ether oxygens (including phenoxy) is 1. The number of hydrogen-bond acceptors (Lipinski definition) is 2. The van der Waals surface area contributed by atoms with Gasteiger partial charge in [0, 0.05) is 22.3 Å². The lowest BCUT2D eigenvalue weighted by Crippen LogP contribution is -2.01. The third-order valence-electron chi connectivity index (χ3n) is 7.80. The maximum absolute atomic E-state index is 14.3. The summed E-state index contributed by atoms with van der Waals surface area (Å²) in [6.07, 6.45) is 10.3. The second kappa shape index (κ2) is 14.5. The summed E-state index contributed by atoms with van der Waals surface area (Å²) < 4.78 is 6.11. The van der Waals surface area contributed by atoms with Crippen molar-refractivity contribution in [2.24, 2.45) is 0 Å². The standard InChI is InChI=1S/C39H40O2/c1-2-3-4-5-6-7-8-18-29-41-34-27-25-33(26-28-34)36-35(30-19-12-9-13-20-30)37(31-21-14-10-15-22-31)39(40)38(36)32-23-16-11-17-24-32/h9-17,19-28H,2-8,18,29H2,1H3. The van der Waals surface area contributed by atoms with Crippen LogP contribution in [0, 0.1) is 0 Å². The Kier molecular flexibility index (Phi) is 10.0. The van der Waals surface area contributed by atoms with Gasteiger partial charge < -0.3 is 4.74 Å². The van der Waals surface area contributed by atoms with E-state index in [1.54, 1.807) is 0 Å². The Morgan fingerprint density at radius 3 is 1.29 bits per heavy atom. The van der Waals surface area contributed by atoms with Crippen LogP contribution in [0.1, 0.15) is 80.5 Å². The second-order valence-corrected chi connectivity index (χ2v) is 10.8. The average molecular weight is 541 g/mol. The molecule has 0 amide bonds. The summed E-state index contributed by atoms with van der Waals surface area (Å²) >= 11 is 0. The molecule has 0 saturated heterocycles. The van der Waals surface area contributed by atoms with Crippen LogP contribution in [0.4, 0.5) is 0 Å². The molecule has 2 nitrogen and oxygen atoms in total. The molecule has 5 rings (SSSR count). The molecule has 0 spiro atoms. The minimum atomic E-state index is 0.0614. The highest BCUT2D eigenvalue weighted by atomic mass is 16.5. The lowest BCUT2D eigenvalue weighted by atomic mass is 9.89. The summed E-state index contributed by atoms with van der Waals surface area (Å²) in [5.41, 5.74) is 7.37. The smallest absolute Gasteiger partial charge is 0.195 e. The molecule has 0 aliphatic heterocycles. The van der Waals surface area contributed by atoms with E-state index < -0.39 is 0 Å². The van der Waals surface area contributed by atoms with Crippen LogP contribution in [0.2, 0.25) is 0 Å². The fourth-order valence-corrected chi connectivity index (χ4v) is 5.69. The Labute approximate surface area is 245 Å². The van der Waals surface area contributed by atoms with Gasteiger partial charge in [-0.3, -0.25) is 4.79 Å². The lowest BCUT2D eigenvalue weighted by molar-refractivity contribution is -0.108. The fourth-order valence-electron chi connectivity index (χ4n) is 5.69. The number of rotatable bonds is 14. The average Bonchev–Trinajstić information content (AvgIpc) is 3.34. The highest BCUT2D eigenvalue weighted by Crippen LogP contribution is 2.49. The van der Waals surface area contributed by atoms with E-state index in [0.29, 0.717) is 0 Å². The molecular weight excluding hydrogens is 500 g/mol. The molecule has 208 valence electrons. The van der Waals surface area contributed by atoms with Crippen LogP contribution in [-0.2, 0) is 4.79 Å². The lowest BCUT2D eigenvalue weighted by Gasteiger charge is -2.14. The topological polar surface area (TPSA) is 26.3 Å². The van der Waals surface area contributed by atoms with Crippen LogP contribution < -0.4 is 4.74 Å². The Morgan fingerprint density at radius 2 is 0.829 bits per heavy atom. The molecule has 0 fully saturated rings. The summed E-state index contributed by atoms with van der Waals surface area (Å²) in [6.45, 7) is 3.00. The number of unbranched alkanes of at least 4 members (excludes halogenated alkanes) is 7. The molecule has 2 heteroatoms. The Morgan fingerprint density at radius 1 is 0.439 bits per heavy atom. The first kappa shape index (κ1) is 28.4. The van der Waals surface area contributed by atoms with Crippen molar-refractivity contribution < 1.29 is 9.53 Å². The highest BCUT2D eigenvalue weighted by molar-refractivity contribution is 6.59. The first-order valence-corrected chi connectivity index (χ1v) is 15.2. The molecular formula is C39H40O2. The predicted octanol–water partition coefficient (Wildman–Crippen LogP) is 10.3. The van der Waals surface area contributed by atoms with Crippen molar-refractivity contribution in [3.8, 4) is 5.75 Å². The number of hydrogen-bond donors (Lipinski definition) is 0. The second-order valence-electron chi connectivity index (χ2n) is 10.8. The molecule has 41 heavy (non-hydrogen) atoms. The van der Waals surface area contributed by atoms with E-state index in [1.165, 1.54) is 44.9 Å². The normalized spacial score (nSPS) is 13.2. The van der Waals surface area contributed by atoms with E-state index in [-0.39, 0.29) is 5.78 Å². The Balaban J connectivity index is 1.43. The zero-order valence-electron chi connectivity index (χ0n) is 24.2. The van der Waals surface area contributed by atoms with Crippen molar-refractivity contribution in [3.05, 3.63) is 138 Å². The molecule has 1 aliphatic rings. The van der Waals surface area contributed by atoms with Crippen LogP contribution in [0.3, 0.4) is 0 Å². The molecule has 0 aromatic heterocycles. The zero-order valence-corrected chi connectivity index (χ0v) is 24.2. The van der Waals surface area contributed by atoms with Crippen molar-refractivity contribution in [2.45, 2.75) is 58.3 Å². The molecule has 0 bridgehead atoms. The fraction of sp³-hybridized carbons (Fsp3) is 0.256. The first-order valence-electron chi connectivity index (χ1n) is 15.2. The van der Waals surface area contributed by atoms with Gasteiger partial charge in [0.2, 0.25) is 0 Å². The van der Waals surface area contributed by atoms with Gasteiger partial charge >= 0.3 is 0 Å². The van der Waals surface area contributed by atoms with Crippen LogP contribution in [0.25, 0.3) is 22.3 Å². The van der Waals surface area contributed by atoms with Crippen LogP contribution in [0.15, 0.2) is 115 Å². The zero-order chi connectivity index (χ0) is 28.3. The quantitative estimate of drug-likeness (QED) is 0.149. The van der Waals surface area contributed by atoms with Gasteiger partial charge in [0.15, 0.2) is 5.78 Å². The van der Waals surface area contributed by atoms with Crippen LogP contribution >= 0.6 is 0 Å². The molecule has 0 atom stereocenters. The van der Waals surface area contributed by atoms with Crippen molar-refractivity contribution in [3.63, 3.8) is 0 Å². The van der Waals surface area contributed by atoms with Crippen LogP contribution in [0.5, 0.6) is 5.75 Å². The summed E-state index contributed by atoms with van der Waals surface area (Å²) in [7, 11) is 0. The van der Waals surface area contributed by atoms with Gasteiger partial charge in [-0.1, -0.05) is 155 Å². The number of carbonyl (C=O) groups is 1. The van der Waals surface area contributed by atoms with Crippen molar-refractivity contribution >= 4 is 28.1 Å². The highest BCUT2D eigenvalue weighted by Gasteiger charge is 2.35. The number of ketones is 1. The van der Waals surface area contributed by atoms with E-state index in [1.807, 2.05) is 91.0 Å². The van der Waals surface area contributed by atoms with Gasteiger partial charge in [-0.15, -0.1) is 0 Å². The van der Waals surface area contributed by atoms with E-state index in [9.17, 15) is 4.79 Å². The van der Waals surface area contributed by atoms with E-state index >= 15 is 0 Å². The maximum atomic E-state index is 14.3. The molecule has 4 aromatic carbocycles. The van der Waals surface area contributed by atoms with E-state index in [2.05, 4.69) is 31.2 Å². The van der Waals surface area contributed by atoms with E-state index in [0.717, 1.165) is 63.3 Å². The van der Waals surface area contributed by atoms with E-state index in [4.69, 9.17) is 4.74 Å². The molecule has 1 aliphatic carbocycles. The number of Topliss-reactive ketones (excluding diaryl/α,β-unsaturated/α-hetero) is 1. The third-order valence-corrected chi connectivity index (χ3v) is 7.80. The summed E-state index contributed by atoms with van der Waals surface area (Å²) in [6, 6.07) is 38.7. The Hall–Kier alpha value is -4.17. The van der Waals surface area contributed by atoms with Crippen molar-refractivity contribution in [1.82, 2.24) is 0 Å². The third kappa shape index (κ3) is 6.95. The molecule has 0 radical (unpaired) electrons. The summed E-state index contributed by atoms with van der Waals surface area (Å²) in [4.78, 5) is 14.3. The van der Waals surface area contributed by atoms with Gasteiger partial charge in [-0.2, -0.15) is 0 Å². The van der Waals surface area contributed by atoms with Crippen LogP contribution in [-0.4, -0.2) is 12.4 Å². The van der Waals surface area contributed by atoms with Gasteiger partial charge in [0.1, 0.15) is 5.75 Å². The predicted molar refractivity (Wildman–Crippen MR) is 173 cm³/mol. The number of carbonyl (C=O) groups excluding carboxylic acids is 1. The van der Waals surface area contributed by atoms with Gasteiger partial charge in [0.25, 0.3) is 0 Å². The number of benzene rings is 4. The molecule has 0 saturated carbocycles. The summed E-state index contributed by atoms with van der Waals surface area (Å²) in [5, 5.41) is 0. The maximum Gasteiger partial charge on any atom is 0.195 e. The SMILES string of the molecule is CCCCCCCCCCOc1ccc(C2=C(c3ccccc3)C(=O)C(c3ccccc3)=C2c2ccccc2)cc1. The minimum absolute atomic E-state index is 0.0614. The molecule has 0 N–H and O–H groups in total. The summed E-state index contributed by atoms with van der Waals surface area (Å²) in [5.74, 6) is 0.933. The monoisotopic (exact) mass is 540 g/mol. The van der Waals surface area contributed by atoms with Gasteiger partial charge in [0.05, 0.1) is 6.61 Å². The largest absolute Gasteiger partial charge is 0.494 e. The van der Waals surface area contributed by atoms with Crippen molar-refractivity contribution in [2.75, 3.05) is 6.61 Å². The molecule has 0 heterocycles. The van der Waals surface area contributed by atoms with Gasteiger partial charge in [-0.25, -0.2) is 0 Å². The molecule has 4 aromatic rings. The minimum Gasteiger partial charge on any atom is -0.494 e. The number of allylic oxidation sites excluding steroid dienone is 4. The van der Waals surface area contributed by atoms with Gasteiger partial charge in [-0.05, 0) is 40.8 Å². The Bertz CT molecular complexity index is 1460. The first-order chi connectivity index (χ1) is 20.3.